The molecule has 0 saturated carbocycles. The van der Waals surface area contributed by atoms with E-state index in [1.54, 1.807) is 66.7 Å². The SMILES string of the molecule is O=C(Oc1ccc(C=NNC(=O)c2ccc3ccccc3n2)cc1OC(=O)c1ccc(Br)cc1)c1ccc(Br)cc1. The fourth-order valence-corrected chi connectivity index (χ4v) is 4.20. The van der Waals surface area contributed by atoms with Gasteiger partial charge in [-0.05, 0) is 84.4 Å². The van der Waals surface area contributed by atoms with Gasteiger partial charge in [0.25, 0.3) is 5.91 Å². The second-order valence-corrected chi connectivity index (χ2v) is 10.4. The number of carbonyl (C=O) groups excluding carboxylic acids is 3. The van der Waals surface area contributed by atoms with Crippen LogP contribution in [-0.2, 0) is 0 Å². The number of rotatable bonds is 7. The highest BCUT2D eigenvalue weighted by Crippen LogP contribution is 2.30. The maximum atomic E-state index is 12.9. The van der Waals surface area contributed by atoms with E-state index < -0.39 is 17.8 Å². The molecule has 0 atom stereocenters. The molecule has 0 aliphatic heterocycles. The molecule has 0 radical (unpaired) electrons. The maximum absolute atomic E-state index is 12.9. The highest BCUT2D eigenvalue weighted by atomic mass is 79.9. The van der Waals surface area contributed by atoms with Crippen LogP contribution in [0.15, 0.2) is 117 Å². The van der Waals surface area contributed by atoms with Crippen LogP contribution in [0, 0.1) is 0 Å². The lowest BCUT2D eigenvalue weighted by atomic mass is 10.2. The summed E-state index contributed by atoms with van der Waals surface area (Å²) in [4.78, 5) is 42.5. The number of pyridine rings is 1. The fourth-order valence-electron chi connectivity index (χ4n) is 3.67. The minimum absolute atomic E-state index is 0.00477. The number of ether oxygens (including phenoxy) is 2. The third-order valence-electron chi connectivity index (χ3n) is 5.74. The summed E-state index contributed by atoms with van der Waals surface area (Å²) in [7, 11) is 0. The number of carbonyl (C=O) groups is 3. The molecule has 1 amide bonds. The Morgan fingerprint density at radius 2 is 1.32 bits per heavy atom. The Morgan fingerprint density at radius 1 is 0.707 bits per heavy atom. The predicted octanol–water partition coefficient (Wildman–Crippen LogP) is 6.96. The van der Waals surface area contributed by atoms with Crippen molar-refractivity contribution in [2.45, 2.75) is 0 Å². The second-order valence-electron chi connectivity index (χ2n) is 8.59. The van der Waals surface area contributed by atoms with Gasteiger partial charge in [-0.2, -0.15) is 5.10 Å². The first-order chi connectivity index (χ1) is 19.9. The zero-order valence-electron chi connectivity index (χ0n) is 21.1. The van der Waals surface area contributed by atoms with Gasteiger partial charge in [0.1, 0.15) is 5.69 Å². The Labute approximate surface area is 251 Å². The van der Waals surface area contributed by atoms with Crippen LogP contribution in [0.1, 0.15) is 36.8 Å². The largest absolute Gasteiger partial charge is 0.419 e. The van der Waals surface area contributed by atoms with Gasteiger partial charge < -0.3 is 9.47 Å². The predicted molar refractivity (Wildman–Crippen MR) is 161 cm³/mol. The first-order valence-corrected chi connectivity index (χ1v) is 13.7. The van der Waals surface area contributed by atoms with Crippen LogP contribution in [-0.4, -0.2) is 29.0 Å². The van der Waals surface area contributed by atoms with Crippen LogP contribution >= 0.6 is 31.9 Å². The van der Waals surface area contributed by atoms with Crippen molar-refractivity contribution < 1.29 is 23.9 Å². The first kappa shape index (κ1) is 27.9. The molecule has 5 aromatic rings. The molecule has 1 N–H and O–H groups in total. The molecule has 0 aliphatic rings. The molecule has 5 rings (SSSR count). The number of hydrazone groups is 1. The summed E-state index contributed by atoms with van der Waals surface area (Å²) in [5.41, 5.74) is 4.42. The molecule has 0 aliphatic carbocycles. The number of fused-ring (bicyclic) bond motifs is 1. The average molecular weight is 673 g/mol. The van der Waals surface area contributed by atoms with Gasteiger partial charge in [0.15, 0.2) is 11.5 Å². The summed E-state index contributed by atoms with van der Waals surface area (Å²) in [5.74, 6) is -1.74. The fraction of sp³-hybridized carbons (Fsp3) is 0. The van der Waals surface area contributed by atoms with Crippen LogP contribution in [0.3, 0.4) is 0 Å². The number of esters is 2. The monoisotopic (exact) mass is 671 g/mol. The summed E-state index contributed by atoms with van der Waals surface area (Å²) in [6, 6.07) is 28.7. The van der Waals surface area contributed by atoms with Crippen LogP contribution < -0.4 is 14.9 Å². The molecule has 202 valence electrons. The Morgan fingerprint density at radius 3 is 1.98 bits per heavy atom. The molecule has 41 heavy (non-hydrogen) atoms. The van der Waals surface area contributed by atoms with Crippen LogP contribution in [0.25, 0.3) is 10.9 Å². The molecular formula is C31H19Br2N3O5. The van der Waals surface area contributed by atoms with Crippen molar-refractivity contribution >= 4 is 66.8 Å². The zero-order chi connectivity index (χ0) is 28.8. The molecule has 1 aromatic heterocycles. The normalized spacial score (nSPS) is 10.9. The van der Waals surface area contributed by atoms with Crippen molar-refractivity contribution in [1.82, 2.24) is 10.4 Å². The van der Waals surface area contributed by atoms with E-state index >= 15 is 0 Å². The number of aromatic nitrogens is 1. The molecule has 0 bridgehead atoms. The van der Waals surface area contributed by atoms with Crippen molar-refractivity contribution in [2.24, 2.45) is 5.10 Å². The number of hydrogen-bond donors (Lipinski definition) is 1. The molecule has 0 unspecified atom stereocenters. The van der Waals surface area contributed by atoms with Crippen molar-refractivity contribution in [2.75, 3.05) is 0 Å². The summed E-state index contributed by atoms with van der Waals surface area (Å²) in [5, 5.41) is 4.93. The lowest BCUT2D eigenvalue weighted by Gasteiger charge is -2.12. The third kappa shape index (κ3) is 7.10. The van der Waals surface area contributed by atoms with E-state index in [0.29, 0.717) is 22.2 Å². The Hall–Kier alpha value is -4.67. The van der Waals surface area contributed by atoms with E-state index in [4.69, 9.17) is 9.47 Å². The molecule has 10 heteroatoms. The molecule has 0 saturated heterocycles. The molecule has 0 fully saturated rings. The quantitative estimate of drug-likeness (QED) is 0.0867. The van der Waals surface area contributed by atoms with E-state index in [2.05, 4.69) is 47.4 Å². The van der Waals surface area contributed by atoms with Gasteiger partial charge in [0, 0.05) is 14.3 Å². The van der Waals surface area contributed by atoms with Crippen molar-refractivity contribution in [3.8, 4) is 11.5 Å². The molecule has 8 nitrogen and oxygen atoms in total. The average Bonchev–Trinajstić information content (AvgIpc) is 2.98. The Kier molecular flexibility index (Phi) is 8.61. The zero-order valence-corrected chi connectivity index (χ0v) is 24.3. The molecule has 1 heterocycles. The number of benzene rings is 4. The van der Waals surface area contributed by atoms with E-state index in [9.17, 15) is 14.4 Å². The van der Waals surface area contributed by atoms with Crippen LogP contribution in [0.5, 0.6) is 11.5 Å². The van der Waals surface area contributed by atoms with Gasteiger partial charge in [-0.15, -0.1) is 0 Å². The molecular weight excluding hydrogens is 654 g/mol. The van der Waals surface area contributed by atoms with Gasteiger partial charge in [0.05, 0.1) is 22.9 Å². The smallest absolute Gasteiger partial charge is 0.343 e. The minimum atomic E-state index is -0.650. The number of halogens is 2. The highest BCUT2D eigenvalue weighted by molar-refractivity contribution is 9.10. The standard InChI is InChI=1S/C31H19Br2N3O5/c32-23-11-6-21(7-12-23)30(38)40-27-16-5-19(17-28(27)41-31(39)22-8-13-24(33)14-9-22)18-34-36-29(37)26-15-10-20-3-1-2-4-25(20)35-26/h1-18H,(H,36,37). The number of amides is 1. The lowest BCUT2D eigenvalue weighted by Crippen LogP contribution is -2.19. The van der Waals surface area contributed by atoms with Gasteiger partial charge in [-0.25, -0.2) is 20.0 Å². The van der Waals surface area contributed by atoms with E-state index in [1.807, 2.05) is 24.3 Å². The number of hydrogen-bond acceptors (Lipinski definition) is 7. The van der Waals surface area contributed by atoms with E-state index in [-0.39, 0.29) is 17.2 Å². The topological polar surface area (TPSA) is 107 Å². The lowest BCUT2D eigenvalue weighted by molar-refractivity contribution is 0.0682. The second kappa shape index (κ2) is 12.7. The van der Waals surface area contributed by atoms with Crippen molar-refractivity contribution in [3.63, 3.8) is 0 Å². The van der Waals surface area contributed by atoms with Gasteiger partial charge in [0.2, 0.25) is 0 Å². The van der Waals surface area contributed by atoms with Crippen LogP contribution in [0.4, 0.5) is 0 Å². The van der Waals surface area contributed by atoms with Crippen molar-refractivity contribution in [1.29, 1.82) is 0 Å². The number of para-hydroxylation sites is 1. The van der Waals surface area contributed by atoms with E-state index in [0.717, 1.165) is 14.3 Å². The van der Waals surface area contributed by atoms with Gasteiger partial charge in [-0.3, -0.25) is 4.79 Å². The summed E-state index contributed by atoms with van der Waals surface area (Å²) < 4.78 is 12.8. The maximum Gasteiger partial charge on any atom is 0.343 e. The Balaban J connectivity index is 1.36. The minimum Gasteiger partial charge on any atom is -0.419 e. The number of nitrogens with one attached hydrogen (secondary N) is 1. The summed E-state index contributed by atoms with van der Waals surface area (Å²) >= 11 is 6.67. The van der Waals surface area contributed by atoms with Gasteiger partial charge in [-0.1, -0.05) is 56.1 Å². The summed E-state index contributed by atoms with van der Waals surface area (Å²) in [6.45, 7) is 0. The first-order valence-electron chi connectivity index (χ1n) is 12.1. The Bertz CT molecular complexity index is 1790. The molecule has 4 aromatic carbocycles. The highest BCUT2D eigenvalue weighted by Gasteiger charge is 2.17. The van der Waals surface area contributed by atoms with E-state index in [1.165, 1.54) is 18.3 Å². The summed E-state index contributed by atoms with van der Waals surface area (Å²) in [6.07, 6.45) is 1.37. The molecule has 0 spiro atoms. The van der Waals surface area contributed by atoms with Gasteiger partial charge >= 0.3 is 11.9 Å². The van der Waals surface area contributed by atoms with Crippen LogP contribution in [0.2, 0.25) is 0 Å². The van der Waals surface area contributed by atoms with Crippen molar-refractivity contribution in [3.05, 3.63) is 134 Å². The number of nitrogens with zero attached hydrogens (tertiary/aromatic N) is 2. The third-order valence-corrected chi connectivity index (χ3v) is 6.80.